The first-order chi connectivity index (χ1) is 56.1. The number of benzene rings is 10. The molecule has 0 aliphatic carbocycles. The first kappa shape index (κ1) is 81.4. The van der Waals surface area contributed by atoms with Crippen molar-refractivity contribution in [1.82, 2.24) is 0 Å². The number of rotatable bonds is 36. The molecule has 0 amide bonds. The highest BCUT2D eigenvalue weighted by atomic mass is 16.6. The van der Waals surface area contributed by atoms with E-state index in [2.05, 4.69) is 263 Å². The summed E-state index contributed by atoms with van der Waals surface area (Å²) < 4.78 is 87.4. The third-order valence-corrected chi connectivity index (χ3v) is 23.1. The van der Waals surface area contributed by atoms with E-state index in [9.17, 15) is 0 Å². The third kappa shape index (κ3) is 23.3. The normalized spacial score (nSPS) is 20.4. The van der Waals surface area contributed by atoms with Crippen LogP contribution in [-0.4, -0.2) is 155 Å². The second-order valence-electron chi connectivity index (χ2n) is 34.0. The predicted molar refractivity (Wildman–Crippen MR) is 450 cm³/mol. The van der Waals surface area contributed by atoms with E-state index in [0.717, 1.165) is 105 Å². The van der Waals surface area contributed by atoms with Gasteiger partial charge in [0.15, 0.2) is 0 Å². The van der Waals surface area contributed by atoms with Crippen LogP contribution < -0.4 is 37.9 Å². The average molecular weight is 1570 g/mol. The Kier molecular flexibility index (Phi) is 25.6. The van der Waals surface area contributed by atoms with Crippen molar-refractivity contribution < 1.29 is 75.8 Å². The first-order valence-corrected chi connectivity index (χ1v) is 41.1. The van der Waals surface area contributed by atoms with Gasteiger partial charge in [0.2, 0.25) is 0 Å². The summed E-state index contributed by atoms with van der Waals surface area (Å²) in [6.07, 6.45) is 3.13. The molecule has 0 N–H and O–H groups in total. The Morgan fingerprint density at radius 2 is 0.336 bits per heavy atom. The van der Waals surface area contributed by atoms with Crippen molar-refractivity contribution in [2.45, 2.75) is 152 Å². The lowest BCUT2D eigenvalue weighted by molar-refractivity contribution is 0.263. The second-order valence-corrected chi connectivity index (χ2v) is 34.0. The van der Waals surface area contributed by atoms with Gasteiger partial charge in [-0.15, -0.1) is 0 Å². The molecule has 8 fully saturated rings. The molecule has 8 aliphatic rings. The van der Waals surface area contributed by atoms with Crippen molar-refractivity contribution in [3.8, 4) is 46.0 Å². The number of ether oxygens (including phenoxy) is 16. The molecule has 0 aromatic heterocycles. The van der Waals surface area contributed by atoms with E-state index >= 15 is 0 Å². The van der Waals surface area contributed by atoms with Crippen LogP contribution in [0, 0.1) is 0 Å². The van der Waals surface area contributed by atoms with Gasteiger partial charge in [0.1, 0.15) is 148 Å². The minimum atomic E-state index is -0.132. The summed E-state index contributed by atoms with van der Waals surface area (Å²) >= 11 is 0. The molecule has 8 aliphatic heterocycles. The smallest absolute Gasteiger partial charge is 0.119 e. The molecule has 18 rings (SSSR count). The Hall–Kier alpha value is -9.72. The van der Waals surface area contributed by atoms with Crippen LogP contribution >= 0.6 is 0 Å². The van der Waals surface area contributed by atoms with Crippen LogP contribution in [0.4, 0.5) is 0 Å². The van der Waals surface area contributed by atoms with Crippen LogP contribution in [0.15, 0.2) is 243 Å². The highest BCUT2D eigenvalue weighted by molar-refractivity contribution is 5.49. The van der Waals surface area contributed by atoms with Gasteiger partial charge in [0.05, 0.1) is 52.9 Å². The van der Waals surface area contributed by atoms with Crippen LogP contribution in [0.25, 0.3) is 0 Å². The average Bonchev–Trinajstić information content (AvgIpc) is 1.77. The van der Waals surface area contributed by atoms with E-state index in [4.69, 9.17) is 75.8 Å². The first-order valence-electron chi connectivity index (χ1n) is 41.1. The van der Waals surface area contributed by atoms with Crippen LogP contribution in [0.1, 0.15) is 136 Å². The lowest BCUT2D eigenvalue weighted by Crippen LogP contribution is -2.23. The molecule has 8 unspecified atom stereocenters. The lowest BCUT2D eigenvalue weighted by Gasteiger charge is -2.31. The van der Waals surface area contributed by atoms with Crippen molar-refractivity contribution in [1.29, 1.82) is 0 Å². The quantitative estimate of drug-likeness (QED) is 0.0339. The predicted octanol–water partition coefficient (Wildman–Crippen LogP) is 18.2. The number of hydrogen-bond donors (Lipinski definition) is 0. The van der Waals surface area contributed by atoms with Gasteiger partial charge < -0.3 is 75.8 Å². The zero-order chi connectivity index (χ0) is 80.3. The van der Waals surface area contributed by atoms with Crippen molar-refractivity contribution in [2.75, 3.05) is 106 Å². The van der Waals surface area contributed by atoms with E-state index in [1.807, 2.05) is 48.5 Å². The molecule has 8 heterocycles. The molecule has 0 bridgehead atoms. The van der Waals surface area contributed by atoms with Gasteiger partial charge in [0.25, 0.3) is 0 Å². The Balaban J connectivity index is 0.000000123. The minimum absolute atomic E-state index is 0.0870. The Labute approximate surface area is 684 Å². The molecule has 16 heteroatoms. The number of hydrogen-bond acceptors (Lipinski definition) is 16. The molecule has 0 radical (unpaired) electrons. The summed E-state index contributed by atoms with van der Waals surface area (Å²) in [4.78, 5) is 0. The van der Waals surface area contributed by atoms with Gasteiger partial charge in [-0.05, 0) is 170 Å². The fourth-order valence-corrected chi connectivity index (χ4v) is 13.7. The summed E-state index contributed by atoms with van der Waals surface area (Å²) in [6, 6.07) is 85.1. The van der Waals surface area contributed by atoms with Crippen LogP contribution in [0.5, 0.6) is 46.0 Å². The van der Waals surface area contributed by atoms with Gasteiger partial charge >= 0.3 is 0 Å². The SMILES string of the molecule is CC(C)(c1ccc(OCC2CO2)cc1)c1ccc(C(C)(C)c2ccc(OCC3CO3)cc2)cc1.CC(C)(c1ccc(OCC2CO2)cc1)c1ccc(OCC2CO2)cc1.CC(C)(c1ccc(OCC2CO2)cc1)c1cccc(C(C)(C)c2ccc(OCC3CO3)cc2)c1.c1cc(OCC2CO2)ccc1Cc1ccc(OCC2CO2)cc1. The summed E-state index contributed by atoms with van der Waals surface area (Å²) in [7, 11) is 0. The monoisotopic (exact) mass is 1570 g/mol. The van der Waals surface area contributed by atoms with Gasteiger partial charge in [-0.2, -0.15) is 0 Å². The maximum absolute atomic E-state index is 5.81. The molecule has 116 heavy (non-hydrogen) atoms. The highest BCUT2D eigenvalue weighted by Gasteiger charge is 2.34. The Morgan fingerprint density at radius 1 is 0.198 bits per heavy atom. The zero-order valence-electron chi connectivity index (χ0n) is 68.8. The van der Waals surface area contributed by atoms with E-state index in [1.54, 1.807) is 0 Å². The molecule has 10 aromatic carbocycles. The summed E-state index contributed by atoms with van der Waals surface area (Å²) in [6.45, 7) is 34.3. The van der Waals surface area contributed by atoms with E-state index in [-0.39, 0.29) is 63.7 Å². The van der Waals surface area contributed by atoms with Crippen molar-refractivity contribution >= 4 is 0 Å². The van der Waals surface area contributed by atoms with Crippen LogP contribution in [0.3, 0.4) is 0 Å². The molecule has 16 nitrogen and oxygen atoms in total. The molecule has 8 saturated heterocycles. The van der Waals surface area contributed by atoms with Crippen LogP contribution in [0.2, 0.25) is 0 Å². The molecule has 608 valence electrons. The molecule has 8 atom stereocenters. The summed E-state index contributed by atoms with van der Waals surface area (Å²) in [5.41, 5.74) is 14.7. The minimum Gasteiger partial charge on any atom is -0.491 e. The fraction of sp³-hybridized carbons (Fsp3) is 0.400. The van der Waals surface area contributed by atoms with E-state index in [1.165, 1.54) is 66.8 Å². The van der Waals surface area contributed by atoms with E-state index in [0.29, 0.717) is 65.1 Å². The fourth-order valence-electron chi connectivity index (χ4n) is 13.7. The molecular weight excluding hydrogens is 1460 g/mol. The van der Waals surface area contributed by atoms with Gasteiger partial charge in [0, 0.05) is 27.1 Å². The molecule has 0 saturated carbocycles. The maximum atomic E-state index is 5.81. The van der Waals surface area contributed by atoms with Gasteiger partial charge in [-0.3, -0.25) is 0 Å². The van der Waals surface area contributed by atoms with Crippen molar-refractivity contribution in [3.63, 3.8) is 0 Å². The standard InChI is InChI=1S/2C30H34O4.C21H24O4.C19H20O4/c1-29(2,23-9-13-25(14-10-23)31-17-27-19-33-27)21-5-7-22(8-6-21)30(3,4)24-11-15-26(16-12-24)32-18-28-20-34-28;1-29(2,21-8-12-25(13-9-21)31-17-27-19-33-27)23-6-5-7-24(16-23)30(3,4)22-10-14-26(15-11-22)32-18-28-20-34-28;1-21(2,15-3-7-17(8-4-15)22-11-19-13-24-19)16-5-9-18(10-6-16)23-12-20-14-25-20;1-5-16(20-10-18-12-22-18)6-2-14(1)9-15-3-7-17(8-4-15)21-11-19-13-23-19/h2*5-16,27-28H,17-20H2,1-4H3;3-10,19-20H,11-14H2,1-2H3;1-8,18-19H,9-13H2. The molecule has 0 spiro atoms. The largest absolute Gasteiger partial charge is 0.491 e. The van der Waals surface area contributed by atoms with E-state index < -0.39 is 0 Å². The summed E-state index contributed by atoms with van der Waals surface area (Å²) in [5, 5.41) is 0. The Morgan fingerprint density at radius 3 is 0.491 bits per heavy atom. The Bertz CT molecular complexity index is 4430. The number of epoxide rings is 8. The zero-order valence-corrected chi connectivity index (χ0v) is 68.8. The van der Waals surface area contributed by atoms with Crippen molar-refractivity contribution in [2.24, 2.45) is 0 Å². The third-order valence-electron chi connectivity index (χ3n) is 23.1. The lowest BCUT2D eigenvalue weighted by atomic mass is 9.73. The van der Waals surface area contributed by atoms with Gasteiger partial charge in [-0.1, -0.05) is 215 Å². The summed E-state index contributed by atoms with van der Waals surface area (Å²) in [5.74, 6) is 7.14. The topological polar surface area (TPSA) is 174 Å². The second kappa shape index (κ2) is 36.4. The molecular formula is C100H112O16. The highest BCUT2D eigenvalue weighted by Crippen LogP contribution is 2.41. The van der Waals surface area contributed by atoms with Gasteiger partial charge in [-0.25, -0.2) is 0 Å². The van der Waals surface area contributed by atoms with Crippen molar-refractivity contribution in [3.05, 3.63) is 309 Å². The maximum Gasteiger partial charge on any atom is 0.119 e. The molecule has 10 aromatic rings. The van der Waals surface area contributed by atoms with Crippen LogP contribution in [-0.2, 0) is 71.4 Å².